The van der Waals surface area contributed by atoms with E-state index < -0.39 is 10.4 Å². The van der Waals surface area contributed by atoms with Crippen LogP contribution in [0.1, 0.15) is 0 Å². The molecule has 0 bridgehead atoms. The third-order valence-corrected chi connectivity index (χ3v) is 0. The molecule has 8 heteroatoms. The Morgan fingerprint density at radius 3 is 1.12 bits per heavy atom. The Morgan fingerprint density at radius 1 is 1.12 bits per heavy atom. The number of hydrogen-bond donors (Lipinski definition) is 0. The third-order valence-electron chi connectivity index (χ3n) is 0. The maximum Gasteiger partial charge on any atom is 2.00 e. The predicted molar refractivity (Wildman–Crippen MR) is 12.4 cm³/mol. The fourth-order valence-corrected chi connectivity index (χ4v) is 0. The van der Waals surface area contributed by atoms with Gasteiger partial charge in [-0.1, -0.05) is 0 Å². The average Bonchev–Trinajstić information content (AvgIpc) is 0.722. The van der Waals surface area contributed by atoms with Gasteiger partial charge in [-0.15, -0.1) is 0 Å². The van der Waals surface area contributed by atoms with E-state index in [0.29, 0.717) is 0 Å². The van der Waals surface area contributed by atoms with Crippen LogP contribution >= 0.6 is 0 Å². The van der Waals surface area contributed by atoms with Gasteiger partial charge in [0.05, 0.1) is 0 Å². The molecule has 0 spiro atoms. The van der Waals surface area contributed by atoms with Crippen LogP contribution in [-0.4, -0.2) is 23.0 Å². The molecular weight excluding hydrogens is 215 g/mol. The van der Waals surface area contributed by atoms with Crippen LogP contribution in [0.5, 0.6) is 0 Å². The number of rotatable bonds is 0. The predicted octanol–water partition coefficient (Wildman–Crippen LogP) is -4.51. The van der Waals surface area contributed by atoms with Crippen molar-refractivity contribution < 1.29 is 91.5 Å². The van der Waals surface area contributed by atoms with E-state index in [1.54, 1.807) is 0 Å². The van der Waals surface area contributed by atoms with E-state index in [9.17, 15) is 0 Å². The molecule has 1 radical (unpaired) electrons. The van der Waals surface area contributed by atoms with Gasteiger partial charge in [-0.3, -0.25) is 8.42 Å². The van der Waals surface area contributed by atoms with Crippen LogP contribution in [0.3, 0.4) is 0 Å². The minimum Gasteiger partial charge on any atom is -0.870 e. The summed E-state index contributed by atoms with van der Waals surface area (Å²) in [4.78, 5) is 0. The minimum absolute atomic E-state index is 0. The van der Waals surface area contributed by atoms with Gasteiger partial charge in [0.2, 0.25) is 0 Å². The SMILES string of the molecule is O=S(=O)([O-])[O-].[Cu+2].[K+].[OH-]. The zero-order valence-corrected chi connectivity index (χ0v) is 8.67. The summed E-state index contributed by atoms with van der Waals surface area (Å²) in [5.74, 6) is 0. The van der Waals surface area contributed by atoms with Crippen LogP contribution in [0.25, 0.3) is 0 Å². The summed E-state index contributed by atoms with van der Waals surface area (Å²) in [5.41, 5.74) is 0. The zero-order valence-electron chi connectivity index (χ0n) is 3.79. The molecule has 0 unspecified atom stereocenters. The molecule has 0 saturated heterocycles. The Labute approximate surface area is 100 Å². The maximum absolute atomic E-state index is 8.52. The summed E-state index contributed by atoms with van der Waals surface area (Å²) in [6.07, 6.45) is 0. The first-order valence-corrected chi connectivity index (χ1v) is 2.00. The van der Waals surface area contributed by atoms with Crippen LogP contribution < -0.4 is 51.4 Å². The zero-order chi connectivity index (χ0) is 4.50. The third kappa shape index (κ3) is 98.8. The first kappa shape index (κ1) is 22.5. The van der Waals surface area contributed by atoms with Crippen molar-refractivity contribution in [3.8, 4) is 0 Å². The van der Waals surface area contributed by atoms with E-state index in [4.69, 9.17) is 17.5 Å². The molecule has 0 aliphatic heterocycles. The van der Waals surface area contributed by atoms with Crippen molar-refractivity contribution >= 4 is 10.4 Å². The fourth-order valence-electron chi connectivity index (χ4n) is 0. The summed E-state index contributed by atoms with van der Waals surface area (Å²) < 4.78 is 34.1. The maximum atomic E-state index is 8.52. The van der Waals surface area contributed by atoms with E-state index in [1.807, 2.05) is 0 Å². The molecule has 0 aliphatic carbocycles. The van der Waals surface area contributed by atoms with Gasteiger partial charge in [0.1, 0.15) is 0 Å². The van der Waals surface area contributed by atoms with Crippen LogP contribution in [0.2, 0.25) is 0 Å². The summed E-state index contributed by atoms with van der Waals surface area (Å²) >= 11 is 0. The standard InChI is InChI=1S/Cu.K.H2O4S.H2O/c;;1-5(2,3)4;/h;;(H2,1,2,3,4);1H2/q+2;+1;;/p-3. The second kappa shape index (κ2) is 8.99. The van der Waals surface area contributed by atoms with Gasteiger partial charge in [0, 0.05) is 10.4 Å². The first-order chi connectivity index (χ1) is 2.00. The molecule has 0 atom stereocenters. The summed E-state index contributed by atoms with van der Waals surface area (Å²) in [6.45, 7) is 0. The molecule has 0 heterocycles. The van der Waals surface area contributed by atoms with E-state index in [1.165, 1.54) is 0 Å². The topological polar surface area (TPSA) is 110 Å². The summed E-state index contributed by atoms with van der Waals surface area (Å²) in [5, 5.41) is 0. The van der Waals surface area contributed by atoms with Gasteiger partial charge >= 0.3 is 68.5 Å². The molecule has 0 saturated carbocycles. The van der Waals surface area contributed by atoms with Crippen molar-refractivity contribution in [1.29, 1.82) is 0 Å². The first-order valence-electron chi connectivity index (χ1n) is 0.667. The van der Waals surface area contributed by atoms with Crippen LogP contribution in [0.4, 0.5) is 0 Å². The Kier molecular flexibility index (Phi) is 25.3. The van der Waals surface area contributed by atoms with Gasteiger partial charge in [0.15, 0.2) is 0 Å². The minimum atomic E-state index is -5.17. The molecule has 5 nitrogen and oxygen atoms in total. The van der Waals surface area contributed by atoms with Crippen LogP contribution in [0, 0.1) is 0 Å². The molecule has 0 aromatic carbocycles. The molecule has 8 heavy (non-hydrogen) atoms. The Bertz CT molecular complexity index is 95.6. The monoisotopic (exact) mass is 215 g/mol. The Morgan fingerprint density at radius 2 is 1.12 bits per heavy atom. The van der Waals surface area contributed by atoms with Gasteiger partial charge in [-0.05, 0) is 0 Å². The van der Waals surface area contributed by atoms with Gasteiger partial charge in [-0.25, -0.2) is 0 Å². The molecule has 49 valence electrons. The smallest absolute Gasteiger partial charge is 0.870 e. The van der Waals surface area contributed by atoms with Crippen molar-refractivity contribution in [2.75, 3.05) is 0 Å². The average molecular weight is 216 g/mol. The largest absolute Gasteiger partial charge is 2.00 e. The Hall–Kier alpha value is 1.99. The van der Waals surface area contributed by atoms with Crippen molar-refractivity contribution in [3.05, 3.63) is 0 Å². The molecule has 0 amide bonds. The van der Waals surface area contributed by atoms with Crippen molar-refractivity contribution in [1.82, 2.24) is 0 Å². The van der Waals surface area contributed by atoms with E-state index in [-0.39, 0.29) is 73.9 Å². The van der Waals surface area contributed by atoms with E-state index in [0.717, 1.165) is 0 Å². The van der Waals surface area contributed by atoms with Crippen LogP contribution in [-0.2, 0) is 27.5 Å². The molecule has 0 aromatic heterocycles. The molecule has 0 rings (SSSR count). The van der Waals surface area contributed by atoms with Crippen molar-refractivity contribution in [3.63, 3.8) is 0 Å². The summed E-state index contributed by atoms with van der Waals surface area (Å²) in [6, 6.07) is 0. The van der Waals surface area contributed by atoms with Gasteiger partial charge in [0.25, 0.3) is 0 Å². The molecule has 0 fully saturated rings. The molecule has 0 aliphatic rings. The molecular formula is HCuKO5S. The van der Waals surface area contributed by atoms with Crippen molar-refractivity contribution in [2.45, 2.75) is 0 Å². The van der Waals surface area contributed by atoms with E-state index in [2.05, 4.69) is 0 Å². The van der Waals surface area contributed by atoms with E-state index >= 15 is 0 Å². The normalized spacial score (nSPS) is 7.25. The second-order valence-electron chi connectivity index (χ2n) is 0.408. The van der Waals surface area contributed by atoms with Crippen LogP contribution in [0.15, 0.2) is 0 Å². The fraction of sp³-hybridized carbons (Fsp3) is 0. The second-order valence-corrected chi connectivity index (χ2v) is 1.22. The summed E-state index contributed by atoms with van der Waals surface area (Å²) in [7, 11) is -5.17. The van der Waals surface area contributed by atoms with Gasteiger partial charge in [-0.2, -0.15) is 0 Å². The Balaban J connectivity index is -0.0000000267. The van der Waals surface area contributed by atoms with Crippen molar-refractivity contribution in [2.24, 2.45) is 0 Å². The molecule has 1 N–H and O–H groups in total. The number of hydrogen-bond acceptors (Lipinski definition) is 5. The molecule has 0 aromatic rings. The van der Waals surface area contributed by atoms with Gasteiger partial charge < -0.3 is 14.6 Å². The quantitative estimate of drug-likeness (QED) is 0.230.